The Morgan fingerprint density at radius 3 is 2.40 bits per heavy atom. The molecule has 0 atom stereocenters. The van der Waals surface area contributed by atoms with Crippen molar-refractivity contribution in [1.29, 1.82) is 0 Å². The lowest BCUT2D eigenvalue weighted by molar-refractivity contribution is -0.113. The molecule has 1 aliphatic heterocycles. The fourth-order valence-corrected chi connectivity index (χ4v) is 6.23. The Balaban J connectivity index is 1.38. The lowest BCUT2D eigenvalue weighted by atomic mass is 10.1. The number of hydrogen-bond acceptors (Lipinski definition) is 3. The second-order valence-corrected chi connectivity index (χ2v) is 10.6. The van der Waals surface area contributed by atoms with Crippen LogP contribution < -0.4 is 15.0 Å². The van der Waals surface area contributed by atoms with Crippen LogP contribution in [0.2, 0.25) is 5.02 Å². The van der Waals surface area contributed by atoms with E-state index in [-0.39, 0.29) is 5.70 Å². The minimum absolute atomic E-state index is 0.200. The van der Waals surface area contributed by atoms with E-state index < -0.39 is 11.9 Å². The van der Waals surface area contributed by atoms with Crippen molar-refractivity contribution in [2.45, 2.75) is 6.61 Å². The van der Waals surface area contributed by atoms with Crippen LogP contribution in [0.4, 0.5) is 10.5 Å². The van der Waals surface area contributed by atoms with Gasteiger partial charge in [-0.3, -0.25) is 4.79 Å². The number of benzene rings is 4. The molecule has 0 unspecified atom stereocenters. The molecule has 4 aromatic rings. The van der Waals surface area contributed by atoms with Crippen molar-refractivity contribution in [2.75, 3.05) is 4.90 Å². The largest absolute Gasteiger partial charge is 0.487 e. The smallest absolute Gasteiger partial charge is 0.333 e. The topological polar surface area (TPSA) is 58.6 Å². The summed E-state index contributed by atoms with van der Waals surface area (Å²) >= 11 is 10.5. The summed E-state index contributed by atoms with van der Waals surface area (Å²) < 4.78 is 8.03. The summed E-state index contributed by atoms with van der Waals surface area (Å²) in [6.07, 6.45) is 1.67. The lowest BCUT2D eigenvalue weighted by Gasteiger charge is -2.13. The van der Waals surface area contributed by atoms with Crippen molar-refractivity contribution in [1.82, 2.24) is 5.32 Å². The van der Waals surface area contributed by atoms with Gasteiger partial charge in [-0.25, -0.2) is 9.69 Å². The molecule has 0 aromatic heterocycles. The van der Waals surface area contributed by atoms with E-state index in [1.165, 1.54) is 10.8 Å². The number of rotatable bonds is 5. The molecule has 8 heteroatoms. The monoisotopic (exact) mass is 706 g/mol. The third kappa shape index (κ3) is 5.03. The molecular weight excluding hydrogens is 690 g/mol. The lowest BCUT2D eigenvalue weighted by Crippen LogP contribution is -2.30. The number of imide groups is 1. The van der Waals surface area contributed by atoms with Crippen molar-refractivity contribution >= 4 is 91.3 Å². The van der Waals surface area contributed by atoms with E-state index in [4.69, 9.17) is 16.3 Å². The minimum Gasteiger partial charge on any atom is -0.487 e. The Kier molecular flexibility index (Phi) is 6.99. The molecule has 5 nitrogen and oxygen atoms in total. The maximum atomic E-state index is 12.9. The number of carbonyl (C=O) groups excluding carboxylic acids is 2. The van der Waals surface area contributed by atoms with E-state index in [2.05, 4.69) is 74.8 Å². The molecule has 0 saturated carbocycles. The zero-order valence-electron chi connectivity index (χ0n) is 18.1. The summed E-state index contributed by atoms with van der Waals surface area (Å²) in [4.78, 5) is 26.5. The van der Waals surface area contributed by atoms with E-state index in [1.54, 1.807) is 30.3 Å². The van der Waals surface area contributed by atoms with Crippen LogP contribution >= 0.6 is 56.8 Å². The Labute approximate surface area is 234 Å². The molecule has 1 fully saturated rings. The number of carbonyl (C=O) groups is 2. The van der Waals surface area contributed by atoms with Gasteiger partial charge in [-0.15, -0.1) is 0 Å². The predicted octanol–water partition coefficient (Wildman–Crippen LogP) is 7.38. The number of anilines is 1. The fraction of sp³-hybridized carbons (Fsp3) is 0.0370. The molecule has 35 heavy (non-hydrogen) atoms. The van der Waals surface area contributed by atoms with Gasteiger partial charge in [0.2, 0.25) is 0 Å². The molecule has 1 saturated heterocycles. The summed E-state index contributed by atoms with van der Waals surface area (Å²) in [5.41, 5.74) is 2.52. The van der Waals surface area contributed by atoms with Crippen molar-refractivity contribution in [3.05, 3.63) is 108 Å². The first-order valence-corrected chi connectivity index (χ1v) is 13.2. The first-order valence-electron chi connectivity index (χ1n) is 10.6. The molecule has 0 bridgehead atoms. The summed E-state index contributed by atoms with van der Waals surface area (Å²) in [7, 11) is 0. The molecule has 1 heterocycles. The molecule has 174 valence electrons. The van der Waals surface area contributed by atoms with E-state index in [9.17, 15) is 9.59 Å². The molecule has 1 N–H and O–H groups in total. The van der Waals surface area contributed by atoms with Crippen molar-refractivity contribution in [3.8, 4) is 5.75 Å². The fourth-order valence-electron chi connectivity index (χ4n) is 3.92. The highest BCUT2D eigenvalue weighted by molar-refractivity contribution is 14.1. The number of urea groups is 1. The van der Waals surface area contributed by atoms with Gasteiger partial charge < -0.3 is 10.1 Å². The average molecular weight is 707 g/mol. The summed E-state index contributed by atoms with van der Waals surface area (Å²) in [6.45, 7) is 0.441. The van der Waals surface area contributed by atoms with Gasteiger partial charge in [-0.1, -0.05) is 60.1 Å². The van der Waals surface area contributed by atoms with Gasteiger partial charge in [0, 0.05) is 5.02 Å². The Hall–Kier alpha value is -2.63. The van der Waals surface area contributed by atoms with Crippen LogP contribution in [0.3, 0.4) is 0 Å². The number of amides is 3. The highest BCUT2D eigenvalue weighted by Crippen LogP contribution is 2.32. The van der Waals surface area contributed by atoms with Crippen LogP contribution in [-0.4, -0.2) is 11.9 Å². The third-order valence-corrected chi connectivity index (χ3v) is 7.37. The standard InChI is InChI=1S/C27H17ClI2N2O3/c28-19-8-4-9-20(14-19)32-26(33)24(31-27(32)34)13-16-11-22(29)25(23(30)12-16)35-15-18-7-3-6-17-5-1-2-10-21(17)18/h1-14H,15H2,(H,31,34)/b24-13+. The van der Waals surface area contributed by atoms with Crippen molar-refractivity contribution in [2.24, 2.45) is 0 Å². The molecule has 0 aliphatic carbocycles. The first-order chi connectivity index (χ1) is 16.9. The molecular formula is C27H17ClI2N2O3. The maximum Gasteiger partial charge on any atom is 0.333 e. The van der Waals surface area contributed by atoms with Crippen LogP contribution in [0.5, 0.6) is 5.75 Å². The quantitative estimate of drug-likeness (QED) is 0.134. The molecule has 5 rings (SSSR count). The van der Waals surface area contributed by atoms with Crippen LogP contribution in [0.1, 0.15) is 11.1 Å². The van der Waals surface area contributed by atoms with Gasteiger partial charge >= 0.3 is 6.03 Å². The number of nitrogens with zero attached hydrogens (tertiary/aromatic N) is 1. The highest BCUT2D eigenvalue weighted by atomic mass is 127. The second kappa shape index (κ2) is 10.2. The van der Waals surface area contributed by atoms with Crippen molar-refractivity contribution in [3.63, 3.8) is 0 Å². The third-order valence-electron chi connectivity index (χ3n) is 5.53. The van der Waals surface area contributed by atoms with E-state index in [0.29, 0.717) is 17.3 Å². The van der Waals surface area contributed by atoms with Crippen molar-refractivity contribution < 1.29 is 14.3 Å². The molecule has 0 spiro atoms. The van der Waals surface area contributed by atoms with Gasteiger partial charge in [-0.05, 0) is 103 Å². The Bertz CT molecular complexity index is 1490. The van der Waals surface area contributed by atoms with E-state index >= 15 is 0 Å². The minimum atomic E-state index is -0.511. The van der Waals surface area contributed by atoms with E-state index in [1.807, 2.05) is 30.3 Å². The summed E-state index contributed by atoms with van der Waals surface area (Å²) in [5.74, 6) is 0.349. The molecule has 4 aromatic carbocycles. The Morgan fingerprint density at radius 1 is 0.914 bits per heavy atom. The number of nitrogens with one attached hydrogen (secondary N) is 1. The van der Waals surface area contributed by atoms with Crippen LogP contribution in [0.25, 0.3) is 16.8 Å². The highest BCUT2D eigenvalue weighted by Gasteiger charge is 2.35. The number of fused-ring (bicyclic) bond motifs is 1. The second-order valence-electron chi connectivity index (χ2n) is 7.85. The maximum absolute atomic E-state index is 12.9. The predicted molar refractivity (Wildman–Crippen MR) is 156 cm³/mol. The van der Waals surface area contributed by atoms with Gasteiger partial charge in [0.05, 0.1) is 12.8 Å². The van der Waals surface area contributed by atoms with Crippen LogP contribution in [0.15, 0.2) is 84.6 Å². The average Bonchev–Trinajstić information content (AvgIpc) is 3.11. The number of hydrogen-bond donors (Lipinski definition) is 1. The molecule has 3 amide bonds. The van der Waals surface area contributed by atoms with Gasteiger partial charge in [-0.2, -0.15) is 0 Å². The summed E-state index contributed by atoms with van der Waals surface area (Å²) in [5, 5.41) is 5.45. The Morgan fingerprint density at radius 2 is 1.63 bits per heavy atom. The number of halogens is 3. The van der Waals surface area contributed by atoms with Gasteiger partial charge in [0.15, 0.2) is 0 Å². The summed E-state index contributed by atoms with van der Waals surface area (Å²) in [6, 6.07) is 24.4. The van der Waals surface area contributed by atoms with E-state index in [0.717, 1.165) is 28.9 Å². The molecule has 1 aliphatic rings. The van der Waals surface area contributed by atoms with Gasteiger partial charge in [0.1, 0.15) is 18.1 Å². The number of ether oxygens (including phenoxy) is 1. The SMILES string of the molecule is O=C1N/C(=C/c2cc(I)c(OCc3cccc4ccccc34)c(I)c2)C(=O)N1c1cccc(Cl)c1. The first kappa shape index (κ1) is 24.1. The van der Waals surface area contributed by atoms with Crippen LogP contribution in [-0.2, 0) is 11.4 Å². The van der Waals surface area contributed by atoms with Gasteiger partial charge in [0.25, 0.3) is 5.91 Å². The zero-order chi connectivity index (χ0) is 24.5. The van der Waals surface area contributed by atoms with Crippen LogP contribution in [0, 0.1) is 7.14 Å². The molecule has 0 radical (unpaired) electrons. The normalized spacial score (nSPS) is 14.6. The zero-order valence-corrected chi connectivity index (χ0v) is 23.2.